The number of nitrogens with one attached hydrogen (secondary N) is 2. The highest BCUT2D eigenvalue weighted by Gasteiger charge is 2.16. The normalized spacial score (nSPS) is 10.7. The predicted molar refractivity (Wildman–Crippen MR) is 141 cm³/mol. The lowest BCUT2D eigenvalue weighted by Crippen LogP contribution is -2.25. The van der Waals surface area contributed by atoms with E-state index in [1.807, 2.05) is 67.6 Å². The molecule has 6 heteroatoms. The molecule has 0 fully saturated rings. The summed E-state index contributed by atoms with van der Waals surface area (Å²) in [7, 11) is 0. The Morgan fingerprint density at radius 2 is 1.41 bits per heavy atom. The van der Waals surface area contributed by atoms with E-state index in [4.69, 9.17) is 0 Å². The first-order valence-corrected chi connectivity index (χ1v) is 12.1. The highest BCUT2D eigenvalue weighted by atomic mass is 19.1. The quantitative estimate of drug-likeness (QED) is 0.292. The lowest BCUT2D eigenvalue weighted by molar-refractivity contribution is -0.121. The highest BCUT2D eigenvalue weighted by molar-refractivity contribution is 6.01. The molecule has 0 spiro atoms. The summed E-state index contributed by atoms with van der Waals surface area (Å²) in [4.78, 5) is 25.6. The van der Waals surface area contributed by atoms with E-state index < -0.39 is 11.6 Å². The van der Waals surface area contributed by atoms with Gasteiger partial charge in [-0.1, -0.05) is 78.4 Å². The molecule has 0 radical (unpaired) electrons. The first-order chi connectivity index (χ1) is 17.9. The van der Waals surface area contributed by atoms with Crippen LogP contribution in [0, 0.1) is 18.6 Å². The average molecular weight is 499 g/mol. The minimum atomic E-state index is -0.711. The lowest BCUT2D eigenvalue weighted by Gasteiger charge is -2.15. The Morgan fingerprint density at radius 3 is 2.16 bits per heavy atom. The molecular weight excluding hydrogens is 470 g/mol. The van der Waals surface area contributed by atoms with Gasteiger partial charge >= 0.3 is 0 Å². The smallest absolute Gasteiger partial charge is 0.252 e. The van der Waals surface area contributed by atoms with E-state index in [9.17, 15) is 18.4 Å². The van der Waals surface area contributed by atoms with Crippen molar-refractivity contribution in [1.29, 1.82) is 0 Å². The van der Waals surface area contributed by atoms with Gasteiger partial charge in [-0.15, -0.1) is 0 Å². The van der Waals surface area contributed by atoms with E-state index in [0.29, 0.717) is 30.5 Å². The summed E-state index contributed by atoms with van der Waals surface area (Å²) in [6.07, 6.45) is 1.04. The van der Waals surface area contributed by atoms with Crippen molar-refractivity contribution >= 4 is 11.8 Å². The fourth-order valence-electron chi connectivity index (χ4n) is 4.08. The molecule has 0 saturated carbocycles. The first kappa shape index (κ1) is 25.8. The van der Waals surface area contributed by atoms with Crippen molar-refractivity contribution in [2.24, 2.45) is 0 Å². The second-order valence-electron chi connectivity index (χ2n) is 8.88. The van der Waals surface area contributed by atoms with Gasteiger partial charge in [0.25, 0.3) is 5.91 Å². The van der Waals surface area contributed by atoms with Crippen LogP contribution in [0.15, 0.2) is 91.0 Å². The molecule has 0 aliphatic carbocycles. The predicted octanol–water partition coefficient (Wildman–Crippen LogP) is 6.12. The topological polar surface area (TPSA) is 58.2 Å². The maximum Gasteiger partial charge on any atom is 0.252 e. The molecule has 0 aliphatic rings. The number of hydrogen-bond donors (Lipinski definition) is 2. The molecule has 0 unspecified atom stereocenters. The number of carbonyl (C=O) groups excluding carboxylic acids is 2. The van der Waals surface area contributed by atoms with Crippen LogP contribution in [0.25, 0.3) is 11.1 Å². The first-order valence-electron chi connectivity index (χ1n) is 12.1. The number of amides is 2. The van der Waals surface area contributed by atoms with Gasteiger partial charge in [0.2, 0.25) is 5.91 Å². The van der Waals surface area contributed by atoms with Gasteiger partial charge in [0, 0.05) is 36.7 Å². The van der Waals surface area contributed by atoms with Crippen LogP contribution in [-0.4, -0.2) is 11.8 Å². The van der Waals surface area contributed by atoms with Gasteiger partial charge < -0.3 is 10.6 Å². The van der Waals surface area contributed by atoms with Crippen LogP contribution in [0.2, 0.25) is 0 Å². The number of aryl methyl sites for hydroxylation is 2. The van der Waals surface area contributed by atoms with Crippen LogP contribution in [0.5, 0.6) is 0 Å². The minimum Gasteiger partial charge on any atom is -0.352 e. The van der Waals surface area contributed by atoms with E-state index in [2.05, 4.69) is 10.6 Å². The summed E-state index contributed by atoms with van der Waals surface area (Å²) >= 11 is 0. The Morgan fingerprint density at radius 1 is 0.730 bits per heavy atom. The Hall–Kier alpha value is -4.32. The third-order valence-electron chi connectivity index (χ3n) is 6.17. The van der Waals surface area contributed by atoms with Crippen molar-refractivity contribution in [3.63, 3.8) is 0 Å². The maximum absolute atomic E-state index is 14.0. The van der Waals surface area contributed by atoms with Crippen LogP contribution in [0.3, 0.4) is 0 Å². The molecule has 2 N–H and O–H groups in total. The summed E-state index contributed by atoms with van der Waals surface area (Å²) in [6.45, 7) is 2.28. The maximum atomic E-state index is 14.0. The monoisotopic (exact) mass is 498 g/mol. The number of halogens is 2. The third kappa shape index (κ3) is 6.88. The molecule has 0 bridgehead atoms. The zero-order chi connectivity index (χ0) is 26.2. The molecule has 4 nitrogen and oxygen atoms in total. The molecule has 2 amide bonds. The van der Waals surface area contributed by atoms with Crippen LogP contribution in [0.4, 0.5) is 8.78 Å². The molecule has 0 atom stereocenters. The second kappa shape index (κ2) is 12.1. The van der Waals surface area contributed by atoms with E-state index in [-0.39, 0.29) is 23.9 Å². The summed E-state index contributed by atoms with van der Waals surface area (Å²) < 4.78 is 27.2. The minimum absolute atomic E-state index is 0.0530. The summed E-state index contributed by atoms with van der Waals surface area (Å²) in [5, 5.41) is 5.71. The number of carbonyl (C=O) groups is 2. The van der Waals surface area contributed by atoms with E-state index >= 15 is 0 Å². The molecule has 0 heterocycles. The van der Waals surface area contributed by atoms with E-state index in [1.54, 1.807) is 12.1 Å². The van der Waals surface area contributed by atoms with E-state index in [0.717, 1.165) is 28.8 Å². The van der Waals surface area contributed by atoms with Gasteiger partial charge in [0.15, 0.2) is 0 Å². The fraction of sp³-hybridized carbons (Fsp3) is 0.161. The fourth-order valence-corrected chi connectivity index (χ4v) is 4.08. The Bertz CT molecular complexity index is 1400. The third-order valence-corrected chi connectivity index (χ3v) is 6.17. The van der Waals surface area contributed by atoms with Gasteiger partial charge in [-0.3, -0.25) is 9.59 Å². The Balaban J connectivity index is 1.44. The number of hydrogen-bond acceptors (Lipinski definition) is 2. The molecule has 4 rings (SSSR count). The molecule has 0 aromatic heterocycles. The summed E-state index contributed by atoms with van der Waals surface area (Å²) in [5.74, 6) is -1.81. The summed E-state index contributed by atoms with van der Waals surface area (Å²) in [5.41, 5.74) is 5.30. The highest BCUT2D eigenvalue weighted by Crippen LogP contribution is 2.27. The van der Waals surface area contributed by atoms with Crippen LogP contribution < -0.4 is 10.6 Å². The molecule has 188 valence electrons. The zero-order valence-corrected chi connectivity index (χ0v) is 20.6. The molecule has 37 heavy (non-hydrogen) atoms. The van der Waals surface area contributed by atoms with Crippen LogP contribution in [0.1, 0.15) is 39.0 Å². The van der Waals surface area contributed by atoms with Gasteiger partial charge in [-0.05, 0) is 47.7 Å². The van der Waals surface area contributed by atoms with Crippen molar-refractivity contribution in [2.45, 2.75) is 32.9 Å². The van der Waals surface area contributed by atoms with Crippen LogP contribution in [-0.2, 0) is 24.3 Å². The zero-order valence-electron chi connectivity index (χ0n) is 20.6. The molecule has 4 aromatic carbocycles. The van der Waals surface area contributed by atoms with Gasteiger partial charge in [-0.25, -0.2) is 8.78 Å². The standard InChI is InChI=1S/C31H28F2N2O2/c1-21-10-12-22(13-11-21)14-17-30(36)34-19-23-6-2-3-7-26(23)27-8-4-5-9-28(27)31(37)35-20-24-15-16-25(32)18-29(24)33/h2-13,15-16,18H,14,17,19-20H2,1H3,(H,34,36)(H,35,37). The number of rotatable bonds is 9. The van der Waals surface area contributed by atoms with Crippen molar-refractivity contribution in [1.82, 2.24) is 10.6 Å². The number of benzene rings is 4. The largest absolute Gasteiger partial charge is 0.352 e. The van der Waals surface area contributed by atoms with Crippen molar-refractivity contribution in [2.75, 3.05) is 0 Å². The van der Waals surface area contributed by atoms with E-state index in [1.165, 1.54) is 11.6 Å². The Kier molecular flexibility index (Phi) is 8.41. The van der Waals surface area contributed by atoms with Crippen molar-refractivity contribution < 1.29 is 18.4 Å². The lowest BCUT2D eigenvalue weighted by atomic mass is 9.94. The van der Waals surface area contributed by atoms with Gasteiger partial charge in [-0.2, -0.15) is 0 Å². The van der Waals surface area contributed by atoms with Crippen LogP contribution >= 0.6 is 0 Å². The van der Waals surface area contributed by atoms with Crippen molar-refractivity contribution in [3.8, 4) is 11.1 Å². The summed E-state index contributed by atoms with van der Waals surface area (Å²) in [6, 6.07) is 26.1. The molecule has 0 aliphatic heterocycles. The molecule has 0 saturated heterocycles. The average Bonchev–Trinajstić information content (AvgIpc) is 2.91. The molecular formula is C31H28F2N2O2. The van der Waals surface area contributed by atoms with Gasteiger partial charge in [0.05, 0.1) is 0 Å². The molecule has 4 aromatic rings. The Labute approximate surface area is 215 Å². The SMILES string of the molecule is Cc1ccc(CCC(=O)NCc2ccccc2-c2ccccc2C(=O)NCc2ccc(F)cc2F)cc1. The van der Waals surface area contributed by atoms with Crippen molar-refractivity contribution in [3.05, 3.63) is 130 Å². The van der Waals surface area contributed by atoms with Gasteiger partial charge in [0.1, 0.15) is 11.6 Å². The second-order valence-corrected chi connectivity index (χ2v) is 8.88.